The van der Waals surface area contributed by atoms with Gasteiger partial charge >= 0.3 is 0 Å². The molecule has 0 atom stereocenters. The van der Waals surface area contributed by atoms with Gasteiger partial charge in [-0.3, -0.25) is 9.67 Å². The van der Waals surface area contributed by atoms with Gasteiger partial charge in [-0.15, -0.1) is 5.10 Å². The Morgan fingerprint density at radius 2 is 1.00 bits per heavy atom. The van der Waals surface area contributed by atoms with Crippen LogP contribution in [-0.2, 0) is 13.2 Å². The molecule has 3 rings (SSSR count). The van der Waals surface area contributed by atoms with Gasteiger partial charge in [0.05, 0.1) is 18.5 Å². The second kappa shape index (κ2) is 33.6. The van der Waals surface area contributed by atoms with Crippen LogP contribution in [0.25, 0.3) is 0 Å². The van der Waals surface area contributed by atoms with Crippen molar-refractivity contribution in [2.45, 2.75) is 220 Å². The van der Waals surface area contributed by atoms with Gasteiger partial charge in [0.1, 0.15) is 29.5 Å². The molecule has 0 saturated heterocycles. The van der Waals surface area contributed by atoms with Gasteiger partial charge in [0.25, 0.3) is 0 Å². The van der Waals surface area contributed by atoms with E-state index in [1.165, 1.54) is 180 Å². The molecule has 0 aliphatic carbocycles. The first-order valence-electron chi connectivity index (χ1n) is 23.8. The van der Waals surface area contributed by atoms with E-state index in [9.17, 15) is 5.11 Å². The highest BCUT2D eigenvalue weighted by Gasteiger charge is 2.05. The van der Waals surface area contributed by atoms with Crippen LogP contribution < -0.4 is 9.47 Å². The van der Waals surface area contributed by atoms with Crippen molar-refractivity contribution in [3.63, 3.8) is 0 Å². The molecule has 57 heavy (non-hydrogen) atoms. The lowest BCUT2D eigenvalue weighted by molar-refractivity contribution is 0.301. The number of benzene rings is 2. The molecule has 7 heteroatoms. The molecule has 0 amide bonds. The van der Waals surface area contributed by atoms with Crippen molar-refractivity contribution >= 4 is 11.9 Å². The maximum Gasteiger partial charge on any atom is 0.134 e. The first-order valence-corrected chi connectivity index (χ1v) is 23.8. The molecule has 0 radical (unpaired) electrons. The first-order chi connectivity index (χ1) is 28.2. The molecule has 1 heterocycles. The Labute approximate surface area is 348 Å². The summed E-state index contributed by atoms with van der Waals surface area (Å²) in [7, 11) is 0. The molecular weight excluding hydrogens is 705 g/mol. The number of aromatic hydroxyl groups is 1. The Morgan fingerprint density at radius 1 is 0.544 bits per heavy atom. The normalized spacial score (nSPS) is 11.5. The standard InChI is InChI=1S/C50H82N4O3/c1-3-5-7-9-11-13-15-17-19-20-21-23-25-27-29-31-39-54-43-47(52-53-54)44-57-48-37-34-46(35-38-48)51-42-45-33-36-49(41-50(45)55)56-40-32-30-28-26-24-22-18-16-14-12-10-8-6-4-2/h33-38,41-43,55H,3-32,39-40,44H2,1-2H3. The fourth-order valence-corrected chi connectivity index (χ4v) is 7.47. The number of hydrogen-bond donors (Lipinski definition) is 1. The minimum Gasteiger partial charge on any atom is -0.507 e. The third kappa shape index (κ3) is 24.9. The van der Waals surface area contributed by atoms with Crippen LogP contribution in [0, 0.1) is 0 Å². The molecule has 0 saturated carbocycles. The Kier molecular flexibility index (Phi) is 28.3. The van der Waals surface area contributed by atoms with Crippen LogP contribution in [0.5, 0.6) is 17.2 Å². The summed E-state index contributed by atoms with van der Waals surface area (Å²) >= 11 is 0. The third-order valence-electron chi connectivity index (χ3n) is 11.2. The van der Waals surface area contributed by atoms with E-state index in [1.54, 1.807) is 12.3 Å². The van der Waals surface area contributed by atoms with E-state index in [0.29, 0.717) is 24.5 Å². The quantitative estimate of drug-likeness (QED) is 0.0462. The summed E-state index contributed by atoms with van der Waals surface area (Å²) in [6, 6.07) is 13.1. The van der Waals surface area contributed by atoms with Gasteiger partial charge in [0.15, 0.2) is 0 Å². The fraction of sp³-hybridized carbons (Fsp3) is 0.700. The monoisotopic (exact) mass is 787 g/mol. The molecule has 0 aliphatic heterocycles. The van der Waals surface area contributed by atoms with Gasteiger partial charge in [0, 0.05) is 24.4 Å². The van der Waals surface area contributed by atoms with Gasteiger partial charge in [-0.1, -0.05) is 199 Å². The molecular formula is C50H82N4O3. The molecule has 0 fully saturated rings. The van der Waals surface area contributed by atoms with Gasteiger partial charge in [0.2, 0.25) is 0 Å². The van der Waals surface area contributed by atoms with E-state index in [2.05, 4.69) is 29.2 Å². The lowest BCUT2D eigenvalue weighted by Crippen LogP contribution is -1.98. The summed E-state index contributed by atoms with van der Waals surface area (Å²) in [6.45, 7) is 6.53. The van der Waals surface area contributed by atoms with E-state index in [0.717, 1.165) is 36.5 Å². The van der Waals surface area contributed by atoms with Gasteiger partial charge in [-0.2, -0.15) is 0 Å². The summed E-state index contributed by atoms with van der Waals surface area (Å²) < 4.78 is 13.8. The number of unbranched alkanes of at least 4 members (excludes halogenated alkanes) is 28. The molecule has 0 bridgehead atoms. The number of hydrogen-bond acceptors (Lipinski definition) is 6. The van der Waals surface area contributed by atoms with Crippen LogP contribution in [0.1, 0.15) is 218 Å². The smallest absolute Gasteiger partial charge is 0.134 e. The SMILES string of the molecule is CCCCCCCCCCCCCCCCCCn1cc(COc2ccc(N=Cc3ccc(OCCCCCCCCCCCCCCCC)cc3O)cc2)nn1. The third-order valence-corrected chi connectivity index (χ3v) is 11.2. The van der Waals surface area contributed by atoms with Gasteiger partial charge in [-0.25, -0.2) is 0 Å². The Morgan fingerprint density at radius 3 is 1.49 bits per heavy atom. The number of ether oxygens (including phenoxy) is 2. The topological polar surface area (TPSA) is 81.8 Å². The second-order valence-corrected chi connectivity index (χ2v) is 16.5. The number of rotatable bonds is 38. The van der Waals surface area contributed by atoms with Crippen molar-refractivity contribution < 1.29 is 14.6 Å². The van der Waals surface area contributed by atoms with Crippen LogP contribution >= 0.6 is 0 Å². The fourth-order valence-electron chi connectivity index (χ4n) is 7.47. The van der Waals surface area contributed by atoms with E-state index >= 15 is 0 Å². The first kappa shape index (κ1) is 48.0. The molecule has 7 nitrogen and oxygen atoms in total. The van der Waals surface area contributed by atoms with Crippen molar-refractivity contribution in [1.29, 1.82) is 0 Å². The predicted molar refractivity (Wildman–Crippen MR) is 242 cm³/mol. The van der Waals surface area contributed by atoms with Crippen molar-refractivity contribution in [3.05, 3.63) is 59.9 Å². The second-order valence-electron chi connectivity index (χ2n) is 16.5. The lowest BCUT2D eigenvalue weighted by atomic mass is 10.0. The van der Waals surface area contributed by atoms with Crippen molar-refractivity contribution in [2.75, 3.05) is 6.61 Å². The Balaban J connectivity index is 1.17. The van der Waals surface area contributed by atoms with E-state index in [4.69, 9.17) is 9.47 Å². The van der Waals surface area contributed by atoms with Crippen molar-refractivity contribution in [2.24, 2.45) is 4.99 Å². The Bertz CT molecular complexity index is 1390. The lowest BCUT2D eigenvalue weighted by Gasteiger charge is -2.08. The summed E-state index contributed by atoms with van der Waals surface area (Å²) in [5.41, 5.74) is 2.27. The summed E-state index contributed by atoms with van der Waals surface area (Å²) in [5, 5.41) is 19.2. The molecule has 0 aliphatic rings. The molecule has 1 aromatic heterocycles. The maximum absolute atomic E-state index is 10.6. The molecule has 3 aromatic rings. The molecule has 0 spiro atoms. The highest BCUT2D eigenvalue weighted by molar-refractivity contribution is 5.85. The zero-order chi connectivity index (χ0) is 40.3. The average molecular weight is 787 g/mol. The predicted octanol–water partition coefficient (Wildman–Crippen LogP) is 15.4. The highest BCUT2D eigenvalue weighted by Crippen LogP contribution is 2.25. The van der Waals surface area contributed by atoms with Crippen LogP contribution in [0.15, 0.2) is 53.7 Å². The molecule has 1 N–H and O–H groups in total. The minimum absolute atomic E-state index is 0.167. The zero-order valence-electron chi connectivity index (χ0n) is 36.6. The average Bonchev–Trinajstić information content (AvgIpc) is 3.69. The zero-order valence-corrected chi connectivity index (χ0v) is 36.6. The number of aryl methyl sites for hydroxylation is 1. The largest absolute Gasteiger partial charge is 0.507 e. The van der Waals surface area contributed by atoms with Crippen molar-refractivity contribution in [3.8, 4) is 17.2 Å². The number of phenols is 1. The molecule has 2 aromatic carbocycles. The molecule has 0 unspecified atom stereocenters. The van der Waals surface area contributed by atoms with Gasteiger partial charge in [-0.05, 0) is 49.2 Å². The van der Waals surface area contributed by atoms with Crippen LogP contribution in [0.2, 0.25) is 0 Å². The number of aliphatic imine (C=N–C) groups is 1. The van der Waals surface area contributed by atoms with Crippen LogP contribution in [0.4, 0.5) is 5.69 Å². The molecule has 320 valence electrons. The highest BCUT2D eigenvalue weighted by atomic mass is 16.5. The van der Waals surface area contributed by atoms with E-state index < -0.39 is 0 Å². The van der Waals surface area contributed by atoms with Crippen LogP contribution in [0.3, 0.4) is 0 Å². The number of nitrogens with zero attached hydrogens (tertiary/aromatic N) is 4. The van der Waals surface area contributed by atoms with Crippen LogP contribution in [-0.4, -0.2) is 32.9 Å². The van der Waals surface area contributed by atoms with E-state index in [1.807, 2.05) is 47.3 Å². The van der Waals surface area contributed by atoms with Gasteiger partial charge < -0.3 is 14.6 Å². The summed E-state index contributed by atoms with van der Waals surface area (Å²) in [5.74, 6) is 1.62. The maximum atomic E-state index is 10.6. The van der Waals surface area contributed by atoms with Crippen molar-refractivity contribution in [1.82, 2.24) is 15.0 Å². The Hall–Kier alpha value is -3.35. The van der Waals surface area contributed by atoms with E-state index in [-0.39, 0.29) is 5.75 Å². The number of phenolic OH excluding ortho intramolecular Hbond substituents is 1. The minimum atomic E-state index is 0.167. The summed E-state index contributed by atoms with van der Waals surface area (Å²) in [4.78, 5) is 4.55. The number of aromatic nitrogens is 3. The summed E-state index contributed by atoms with van der Waals surface area (Å²) in [6.07, 6.45) is 44.5.